The Balaban J connectivity index is 0.000000149. The van der Waals surface area contributed by atoms with Gasteiger partial charge in [-0.1, -0.05) is 100 Å². The number of carbonyl (C=O) groups is 6. The van der Waals surface area contributed by atoms with E-state index in [-0.39, 0.29) is 81.2 Å². The number of furan rings is 4. The van der Waals surface area contributed by atoms with Gasteiger partial charge in [-0.05, 0) is 241 Å². The van der Waals surface area contributed by atoms with Crippen molar-refractivity contribution in [2.75, 3.05) is 122 Å². The number of amides is 4. The molecule has 0 bridgehead atoms. The van der Waals surface area contributed by atoms with Crippen LogP contribution in [0.4, 0.5) is 29.2 Å². The number of aromatic nitrogens is 2. The quantitative estimate of drug-likeness (QED) is 0.0268. The number of carboxylic acids is 1. The molecule has 0 radical (unpaired) electrons. The Hall–Kier alpha value is -12.0. The number of alkyl halides is 2. The van der Waals surface area contributed by atoms with E-state index >= 15 is 0 Å². The molecule has 5 saturated heterocycles. The van der Waals surface area contributed by atoms with Gasteiger partial charge in [0, 0.05) is 123 Å². The zero-order valence-electron chi connectivity index (χ0n) is 79.3. The van der Waals surface area contributed by atoms with E-state index in [2.05, 4.69) is 32.8 Å². The van der Waals surface area contributed by atoms with Gasteiger partial charge in [-0.2, -0.15) is 0 Å². The number of aryl methyl sites for hydroxylation is 3. The normalized spacial score (nSPS) is 14.9. The van der Waals surface area contributed by atoms with E-state index in [9.17, 15) is 46.3 Å². The lowest BCUT2D eigenvalue weighted by Crippen LogP contribution is -2.41. The number of ether oxygens (including phenoxy) is 4. The maximum Gasteiger partial charge on any atom is 0.494 e. The third-order valence-corrected chi connectivity index (χ3v) is 25.6. The van der Waals surface area contributed by atoms with Crippen LogP contribution in [0.3, 0.4) is 0 Å². The molecule has 5 aliphatic heterocycles. The van der Waals surface area contributed by atoms with Gasteiger partial charge in [0.15, 0.2) is 28.1 Å². The summed E-state index contributed by atoms with van der Waals surface area (Å²) in [6.07, 6.45) is 11.1. The second kappa shape index (κ2) is 50.7. The van der Waals surface area contributed by atoms with Crippen LogP contribution in [-0.2, 0) is 63.7 Å². The molecule has 8 aromatic carbocycles. The first kappa shape index (κ1) is 109. The number of nitrogens with two attached hydrogens (primary N) is 3. The molecule has 7 N–H and O–H groups in total. The molecule has 6 aromatic heterocycles. The molecule has 5 aliphatic rings. The van der Waals surface area contributed by atoms with Gasteiger partial charge < -0.3 is 87.8 Å². The van der Waals surface area contributed by atoms with E-state index in [0.29, 0.717) is 193 Å². The van der Waals surface area contributed by atoms with Gasteiger partial charge in [-0.3, -0.25) is 24.0 Å². The van der Waals surface area contributed by atoms with E-state index in [1.807, 2.05) is 89.2 Å². The SMILES string of the molecule is CCc1cc2cc(-c3ccc(F)c(C(=O)N4CCOCC4)c3)cc(Cl)c2o1.CCc1cc2cc(B3OC(C)(C)C(C)(C)O3)cc(Cl)c2o1.ClCCl.NCc1cc2cc(-c3ccc(F)c(C(=O)N4CCOCC4)c3)cc(Cl)c2o1.Nc1ccc(/C=C/C(=O)CCc2cc3cc(-c4ccc(F)c(C(=O)N5CCOCC5)c4)cc(Cl)c3o2)cn1.Nc1ccc(/C=C/C(=O)O)cn1.O=C(c1cc(Br)ccc1F)N1CCOCC1. The van der Waals surface area contributed by atoms with Crippen molar-refractivity contribution in [1.29, 1.82) is 0 Å². The Morgan fingerprint density at radius 1 is 0.424 bits per heavy atom. The number of morpholine rings is 4. The summed E-state index contributed by atoms with van der Waals surface area (Å²) in [5.74, 6) is -0.593. The fourth-order valence-electron chi connectivity index (χ4n) is 15.6. The molecule has 0 saturated carbocycles. The Bertz CT molecular complexity index is 6830. The Labute approximate surface area is 866 Å². The summed E-state index contributed by atoms with van der Waals surface area (Å²) in [6.45, 7) is 20.0. The predicted octanol–water partition coefficient (Wildman–Crippen LogP) is 22.5. The van der Waals surface area contributed by atoms with Gasteiger partial charge in [-0.25, -0.2) is 32.3 Å². The van der Waals surface area contributed by atoms with E-state index in [0.717, 1.165) is 90.8 Å². The second-order valence-corrected chi connectivity index (χ2v) is 37.7. The van der Waals surface area contributed by atoms with Gasteiger partial charge in [0.25, 0.3) is 23.6 Å². The molecule has 19 rings (SSSR count). The van der Waals surface area contributed by atoms with Crippen molar-refractivity contribution in [1.82, 2.24) is 29.6 Å². The average molecular weight is 2150 g/mol. The number of pyridine rings is 2. The van der Waals surface area contributed by atoms with Crippen LogP contribution >= 0.6 is 85.5 Å². The minimum Gasteiger partial charge on any atom is -0.478 e. The summed E-state index contributed by atoms with van der Waals surface area (Å²) in [5, 5.41) is 13.8. The highest BCUT2D eigenvalue weighted by Crippen LogP contribution is 2.41. The van der Waals surface area contributed by atoms with Crippen molar-refractivity contribution in [2.24, 2.45) is 5.73 Å². The molecule has 144 heavy (non-hydrogen) atoms. The monoisotopic (exact) mass is 2150 g/mol. The molecule has 4 amide bonds. The maximum atomic E-state index is 14.6. The number of benzene rings is 8. The predicted molar refractivity (Wildman–Crippen MR) is 557 cm³/mol. The number of anilines is 2. The fourth-order valence-corrected chi connectivity index (χ4v) is 17.0. The summed E-state index contributed by atoms with van der Waals surface area (Å²) in [5.41, 5.74) is 25.3. The van der Waals surface area contributed by atoms with Gasteiger partial charge in [0.1, 0.15) is 57.9 Å². The van der Waals surface area contributed by atoms with Crippen molar-refractivity contribution in [3.8, 4) is 33.4 Å². The van der Waals surface area contributed by atoms with Crippen LogP contribution in [0.5, 0.6) is 0 Å². The minimum atomic E-state index is -0.980. The van der Waals surface area contributed by atoms with Crippen molar-refractivity contribution >= 4 is 201 Å². The lowest BCUT2D eigenvalue weighted by Gasteiger charge is -2.32. The van der Waals surface area contributed by atoms with Crippen LogP contribution in [0.25, 0.3) is 89.4 Å². The van der Waals surface area contributed by atoms with Gasteiger partial charge in [0.05, 0.1) is 118 Å². The molecular weight excluding hydrogens is 2050 g/mol. The highest BCUT2D eigenvalue weighted by Gasteiger charge is 2.52. The van der Waals surface area contributed by atoms with Crippen LogP contribution < -0.4 is 22.7 Å². The number of allylic oxidation sites excluding steroid dienone is 1. The first-order valence-corrected chi connectivity index (χ1v) is 49.3. The van der Waals surface area contributed by atoms with Crippen molar-refractivity contribution in [3.05, 3.63) is 299 Å². The summed E-state index contributed by atoms with van der Waals surface area (Å²) in [6, 6.07) is 47.2. The van der Waals surface area contributed by atoms with Gasteiger partial charge in [0.2, 0.25) is 0 Å². The number of ketones is 1. The second-order valence-electron chi connectivity index (χ2n) is 34.3. The molecule has 14 aromatic rings. The van der Waals surface area contributed by atoms with E-state index in [4.69, 9.17) is 138 Å². The zero-order chi connectivity index (χ0) is 103. The number of carboxylic acid groups (broad SMARTS) is 1. The summed E-state index contributed by atoms with van der Waals surface area (Å²) >= 11 is 38.3. The number of nitrogen functional groups attached to an aromatic ring is 2. The van der Waals surface area contributed by atoms with Crippen LogP contribution in [0, 0.1) is 23.3 Å². The number of aliphatic carboxylic acids is 1. The molecule has 11 heterocycles. The minimum absolute atomic E-state index is 0.00909. The molecule has 0 atom stereocenters. The Kier molecular flexibility index (Phi) is 38.5. The van der Waals surface area contributed by atoms with Gasteiger partial charge in [-0.15, -0.1) is 23.2 Å². The lowest BCUT2D eigenvalue weighted by molar-refractivity contribution is -0.131. The number of rotatable bonds is 18. The zero-order valence-corrected chi connectivity index (χ0v) is 85.4. The van der Waals surface area contributed by atoms with E-state index in [1.165, 1.54) is 48.7 Å². The van der Waals surface area contributed by atoms with E-state index in [1.54, 1.807) is 117 Å². The van der Waals surface area contributed by atoms with E-state index < -0.39 is 36.4 Å². The molecule has 0 aliphatic carbocycles. The number of hydrogen-bond donors (Lipinski definition) is 4. The highest BCUT2D eigenvalue weighted by molar-refractivity contribution is 9.10. The van der Waals surface area contributed by atoms with Crippen LogP contribution in [0.15, 0.2) is 217 Å². The van der Waals surface area contributed by atoms with Crippen LogP contribution in [0.2, 0.25) is 20.1 Å². The number of carbonyl (C=O) groups excluding carboxylic acids is 5. The number of hydrogen-bond acceptors (Lipinski definition) is 21. The molecule has 26 nitrogen and oxygen atoms in total. The smallest absolute Gasteiger partial charge is 0.478 e. The van der Waals surface area contributed by atoms with Crippen LogP contribution in [0.1, 0.15) is 124 Å². The third kappa shape index (κ3) is 28.4. The number of fused-ring (bicyclic) bond motifs is 4. The van der Waals surface area contributed by atoms with Crippen LogP contribution in [-0.4, -0.2) is 199 Å². The third-order valence-electron chi connectivity index (χ3n) is 24.0. The average Bonchev–Trinajstić information content (AvgIpc) is 1.53. The van der Waals surface area contributed by atoms with Crippen molar-refractivity contribution < 1.29 is 97.4 Å². The molecule has 754 valence electrons. The molecular formula is C106H103BBrCl6F4N9O17. The molecule has 0 unspecified atom stereocenters. The highest BCUT2D eigenvalue weighted by atomic mass is 79.9. The Morgan fingerprint density at radius 2 is 0.743 bits per heavy atom. The number of halogens is 11. The molecule has 38 heteroatoms. The topological polar surface area (TPSA) is 347 Å². The fraction of sp³-hybridized carbons (Fsp3) is 0.283. The maximum absolute atomic E-state index is 14.6. The van der Waals surface area contributed by atoms with Crippen molar-refractivity contribution in [2.45, 2.75) is 85.0 Å². The Morgan fingerprint density at radius 3 is 1.09 bits per heavy atom. The summed E-state index contributed by atoms with van der Waals surface area (Å²) in [7, 11) is -0.406. The largest absolute Gasteiger partial charge is 0.494 e. The number of nitrogens with zero attached hydrogens (tertiary/aromatic N) is 6. The molecule has 0 spiro atoms. The summed E-state index contributed by atoms with van der Waals surface area (Å²) < 4.78 is 114. The lowest BCUT2D eigenvalue weighted by atomic mass is 9.78. The first-order chi connectivity index (χ1) is 69.0. The van der Waals surface area contributed by atoms with Gasteiger partial charge >= 0.3 is 13.1 Å². The standard InChI is InChI=1S/C29H25ClFN3O4.C21H19ClFNO3.C20H18ClFN2O3.C16H20BClO3.C11H11BrFNO2.C8H8N2O2.CH2Cl2/c30-25-16-20(19-3-7-26(31)24(15-19)29(36)34-9-11-37-12-10-34)13-21-14-23(38-28(21)25)6-5-22(35)4-1-18-2-8-27(32)33-17-18;1-2-16-10-15-9-14(12-18(22)20(15)27-16)13-3-4-19(23)17(11-13)21(25)24-5-7-26-8-6-24;21-17-10-13(7-14-8-15(11-23)27-19(14)17)12-1-2-18(22)16(9-12)20(25)24-3-5-26-6-4-24;1-6-12-8-10-7-11(9-13(18)14(10)19-12)17-20-15(2,3)16(4,5)21-17;12-8-1-2-10(13)9(7-8)11(15)14-3-5-16-6-4-14;9-7-3-1-6(5-10-7)2-4-8(11)12;2-1-3/h1-4,7-8,13-17H,5-6,9-12H2,(H2,32,33);3-4,9-12H,2,5-8H2,1H3;1-2,7-10H,3-6,11,23H2;7-9H,6H2,1-5H3;1-2,7H,3-6H2;1-5H,(H2,9,10)(H,11,12);1H2/b4-1+;;;;;4-2+;. The first-order valence-electron chi connectivity index (χ1n) is 46.0. The summed E-state index contributed by atoms with van der Waals surface area (Å²) in [4.78, 5) is 87.0. The molecule has 5 fully saturated rings. The van der Waals surface area contributed by atoms with Crippen molar-refractivity contribution in [3.63, 3.8) is 0 Å².